The molecule has 0 aromatic heterocycles. The van der Waals surface area contributed by atoms with E-state index in [1.807, 2.05) is 10.6 Å². The molecule has 1 aliphatic heterocycles. The first-order valence-corrected chi connectivity index (χ1v) is 3.01. The van der Waals surface area contributed by atoms with Crippen molar-refractivity contribution >= 4 is 11.9 Å². The lowest BCUT2D eigenvalue weighted by molar-refractivity contribution is -0.0315. The normalized spacial score (nSPS) is 37.9. The van der Waals surface area contributed by atoms with Crippen molar-refractivity contribution in [1.82, 2.24) is 10.6 Å². The summed E-state index contributed by atoms with van der Waals surface area (Å²) in [5.41, 5.74) is -1.73. The van der Waals surface area contributed by atoms with Crippen LogP contribution in [0, 0.1) is 5.41 Å². The zero-order valence-corrected chi connectivity index (χ0v) is 5.88. The molecule has 0 aromatic rings. The molecule has 1 aliphatic rings. The summed E-state index contributed by atoms with van der Waals surface area (Å²) in [5.74, 6) is -0.409. The van der Waals surface area contributed by atoms with Gasteiger partial charge in [-0.15, -0.1) is 0 Å². The van der Waals surface area contributed by atoms with E-state index < -0.39 is 23.7 Å². The van der Waals surface area contributed by atoms with E-state index >= 15 is 0 Å². The SMILES string of the molecule is CC1(O)C(=N)NC(=O)NC1O. The molecule has 1 fully saturated rings. The Morgan fingerprint density at radius 3 is 2.73 bits per heavy atom. The van der Waals surface area contributed by atoms with Crippen LogP contribution in [0.1, 0.15) is 6.92 Å². The molecule has 1 saturated heterocycles. The lowest BCUT2D eigenvalue weighted by Gasteiger charge is -2.34. The minimum Gasteiger partial charge on any atom is -0.378 e. The van der Waals surface area contributed by atoms with Gasteiger partial charge < -0.3 is 15.5 Å². The Hall–Kier alpha value is -1.14. The maximum atomic E-state index is 10.5. The number of hydrogen-bond acceptors (Lipinski definition) is 4. The topological polar surface area (TPSA) is 105 Å². The van der Waals surface area contributed by atoms with Crippen LogP contribution in [0.2, 0.25) is 0 Å². The van der Waals surface area contributed by atoms with E-state index in [2.05, 4.69) is 0 Å². The summed E-state index contributed by atoms with van der Waals surface area (Å²) in [6, 6.07) is -0.686. The highest BCUT2D eigenvalue weighted by Crippen LogP contribution is 2.10. The van der Waals surface area contributed by atoms with Gasteiger partial charge in [0.2, 0.25) is 0 Å². The minimum absolute atomic E-state index is 0.409. The summed E-state index contributed by atoms with van der Waals surface area (Å²) in [6.07, 6.45) is -1.43. The van der Waals surface area contributed by atoms with Gasteiger partial charge in [0.05, 0.1) is 0 Å². The number of carbonyl (C=O) groups excluding carboxylic acids is 1. The van der Waals surface area contributed by atoms with Gasteiger partial charge in [0.15, 0.2) is 11.8 Å². The number of amides is 2. The molecule has 1 heterocycles. The average molecular weight is 159 g/mol. The predicted octanol–water partition coefficient (Wildman–Crippen LogP) is -1.65. The number of amidine groups is 1. The molecule has 0 aliphatic carbocycles. The van der Waals surface area contributed by atoms with Gasteiger partial charge in [0, 0.05) is 0 Å². The Labute approximate surface area is 62.7 Å². The fourth-order valence-corrected chi connectivity index (χ4v) is 0.678. The van der Waals surface area contributed by atoms with Crippen LogP contribution in [-0.4, -0.2) is 33.9 Å². The van der Waals surface area contributed by atoms with E-state index in [4.69, 9.17) is 10.5 Å². The smallest absolute Gasteiger partial charge is 0.322 e. The van der Waals surface area contributed by atoms with E-state index in [1.165, 1.54) is 6.92 Å². The Kier molecular flexibility index (Phi) is 1.57. The van der Waals surface area contributed by atoms with Crippen LogP contribution in [0.5, 0.6) is 0 Å². The van der Waals surface area contributed by atoms with E-state index in [1.54, 1.807) is 0 Å². The number of aliphatic hydroxyl groups excluding tert-OH is 1. The van der Waals surface area contributed by atoms with Crippen LogP contribution in [0.25, 0.3) is 0 Å². The van der Waals surface area contributed by atoms with Crippen molar-refractivity contribution in [3.8, 4) is 0 Å². The molecule has 2 atom stereocenters. The van der Waals surface area contributed by atoms with Crippen LogP contribution in [-0.2, 0) is 0 Å². The first kappa shape index (κ1) is 7.96. The van der Waals surface area contributed by atoms with Crippen LogP contribution in [0.4, 0.5) is 4.79 Å². The molecule has 62 valence electrons. The van der Waals surface area contributed by atoms with Crippen molar-refractivity contribution in [2.24, 2.45) is 0 Å². The number of aliphatic hydroxyl groups is 2. The summed E-state index contributed by atoms with van der Waals surface area (Å²) in [7, 11) is 0. The third-order valence-electron chi connectivity index (χ3n) is 1.54. The molecular weight excluding hydrogens is 150 g/mol. The fourth-order valence-electron chi connectivity index (χ4n) is 0.678. The summed E-state index contributed by atoms with van der Waals surface area (Å²) in [6.45, 7) is 1.23. The van der Waals surface area contributed by atoms with Crippen molar-refractivity contribution in [2.45, 2.75) is 18.8 Å². The van der Waals surface area contributed by atoms with Crippen molar-refractivity contribution in [1.29, 1.82) is 5.41 Å². The Morgan fingerprint density at radius 2 is 2.27 bits per heavy atom. The maximum absolute atomic E-state index is 10.5. The Balaban J connectivity index is 2.84. The second-order valence-corrected chi connectivity index (χ2v) is 2.52. The number of nitrogens with one attached hydrogen (secondary N) is 3. The average Bonchev–Trinajstić information content (AvgIpc) is 1.84. The molecule has 6 heteroatoms. The molecule has 11 heavy (non-hydrogen) atoms. The molecule has 0 bridgehead atoms. The number of carbonyl (C=O) groups is 1. The lowest BCUT2D eigenvalue weighted by Crippen LogP contribution is -2.67. The van der Waals surface area contributed by atoms with E-state index in [-0.39, 0.29) is 0 Å². The van der Waals surface area contributed by atoms with Gasteiger partial charge in [-0.2, -0.15) is 0 Å². The third kappa shape index (κ3) is 1.17. The van der Waals surface area contributed by atoms with Gasteiger partial charge in [-0.3, -0.25) is 10.7 Å². The Morgan fingerprint density at radius 1 is 1.73 bits per heavy atom. The van der Waals surface area contributed by atoms with Crippen molar-refractivity contribution in [3.63, 3.8) is 0 Å². The number of rotatable bonds is 0. The van der Waals surface area contributed by atoms with Crippen LogP contribution in [0.3, 0.4) is 0 Å². The second-order valence-electron chi connectivity index (χ2n) is 2.52. The van der Waals surface area contributed by atoms with Gasteiger partial charge in [-0.05, 0) is 6.92 Å². The van der Waals surface area contributed by atoms with Gasteiger partial charge in [-0.25, -0.2) is 4.79 Å². The zero-order valence-electron chi connectivity index (χ0n) is 5.88. The zero-order chi connectivity index (χ0) is 8.65. The predicted molar refractivity (Wildman–Crippen MR) is 36.0 cm³/mol. The highest BCUT2D eigenvalue weighted by atomic mass is 16.4. The highest BCUT2D eigenvalue weighted by molar-refractivity contribution is 6.03. The molecule has 1 rings (SSSR count). The standard InChI is InChI=1S/C5H9N3O3/c1-5(11)2(6)7-4(10)8-3(5)9/h3,9,11H,1H3,(H3,6,7,8,10). The quantitative estimate of drug-likeness (QED) is 0.292. The van der Waals surface area contributed by atoms with Crippen LogP contribution < -0.4 is 10.6 Å². The molecule has 5 N–H and O–H groups in total. The van der Waals surface area contributed by atoms with Crippen LogP contribution in [0.15, 0.2) is 0 Å². The van der Waals surface area contributed by atoms with Gasteiger partial charge in [-0.1, -0.05) is 0 Å². The van der Waals surface area contributed by atoms with Crippen molar-refractivity contribution < 1.29 is 15.0 Å². The summed E-state index contributed by atoms with van der Waals surface area (Å²) < 4.78 is 0. The van der Waals surface area contributed by atoms with Crippen molar-refractivity contribution in [2.75, 3.05) is 0 Å². The fraction of sp³-hybridized carbons (Fsp3) is 0.600. The molecule has 0 spiro atoms. The molecule has 2 amide bonds. The third-order valence-corrected chi connectivity index (χ3v) is 1.54. The molecule has 0 aromatic carbocycles. The Bertz CT molecular complexity index is 213. The highest BCUT2D eigenvalue weighted by Gasteiger charge is 2.41. The monoisotopic (exact) mass is 159 g/mol. The maximum Gasteiger partial charge on any atom is 0.322 e. The number of urea groups is 1. The minimum atomic E-state index is -1.73. The molecule has 0 saturated carbocycles. The number of hydrogen-bond donors (Lipinski definition) is 5. The van der Waals surface area contributed by atoms with Gasteiger partial charge >= 0.3 is 6.03 Å². The van der Waals surface area contributed by atoms with E-state index in [0.29, 0.717) is 0 Å². The second kappa shape index (κ2) is 2.18. The first-order valence-electron chi connectivity index (χ1n) is 3.01. The van der Waals surface area contributed by atoms with E-state index in [0.717, 1.165) is 0 Å². The molecule has 0 radical (unpaired) electrons. The molecule has 6 nitrogen and oxygen atoms in total. The molecule has 2 unspecified atom stereocenters. The summed E-state index contributed by atoms with van der Waals surface area (Å²) in [5, 5.41) is 29.4. The summed E-state index contributed by atoms with van der Waals surface area (Å²) >= 11 is 0. The van der Waals surface area contributed by atoms with Gasteiger partial charge in [0.25, 0.3) is 0 Å². The van der Waals surface area contributed by atoms with E-state index in [9.17, 15) is 9.90 Å². The van der Waals surface area contributed by atoms with Crippen molar-refractivity contribution in [3.05, 3.63) is 0 Å². The first-order chi connectivity index (χ1) is 4.94. The van der Waals surface area contributed by atoms with Crippen LogP contribution >= 0.6 is 0 Å². The lowest BCUT2D eigenvalue weighted by atomic mass is 10.0. The largest absolute Gasteiger partial charge is 0.378 e. The van der Waals surface area contributed by atoms with Gasteiger partial charge in [0.1, 0.15) is 5.84 Å². The summed E-state index contributed by atoms with van der Waals surface area (Å²) in [4.78, 5) is 10.5. The molecular formula is C5H9N3O3.